The molecule has 7 nitrogen and oxygen atoms in total. The smallest absolute Gasteiger partial charge is 0.255 e. The Kier molecular flexibility index (Phi) is 6.25. The molecule has 0 bridgehead atoms. The largest absolute Gasteiger partial charge is 0.492 e. The van der Waals surface area contributed by atoms with Crippen molar-refractivity contribution in [2.24, 2.45) is 5.92 Å². The van der Waals surface area contributed by atoms with Gasteiger partial charge in [0.15, 0.2) is 0 Å². The predicted octanol–water partition coefficient (Wildman–Crippen LogP) is 3.14. The molecular formula is C29H33N3O4. The Labute approximate surface area is 211 Å². The second-order valence-electron chi connectivity index (χ2n) is 10.7. The van der Waals surface area contributed by atoms with Gasteiger partial charge in [0, 0.05) is 30.6 Å². The van der Waals surface area contributed by atoms with Gasteiger partial charge < -0.3 is 15.0 Å². The summed E-state index contributed by atoms with van der Waals surface area (Å²) in [7, 11) is 0. The van der Waals surface area contributed by atoms with Gasteiger partial charge in [0.2, 0.25) is 11.8 Å². The summed E-state index contributed by atoms with van der Waals surface area (Å²) in [6.45, 7) is 1.14. The maximum Gasteiger partial charge on any atom is 0.255 e. The Balaban J connectivity index is 1.12. The van der Waals surface area contributed by atoms with Crippen LogP contribution in [0.15, 0.2) is 42.5 Å². The number of hydrogen-bond donors (Lipinski definition) is 2. The van der Waals surface area contributed by atoms with Gasteiger partial charge in [-0.3, -0.25) is 19.7 Å². The van der Waals surface area contributed by atoms with E-state index in [2.05, 4.69) is 41.0 Å². The number of nitrogens with one attached hydrogen (secondary N) is 2. The van der Waals surface area contributed by atoms with Crippen molar-refractivity contribution in [1.29, 1.82) is 0 Å². The summed E-state index contributed by atoms with van der Waals surface area (Å²) in [5.74, 6) is 0.813. The molecule has 1 saturated heterocycles. The quantitative estimate of drug-likeness (QED) is 0.633. The molecule has 3 aliphatic heterocycles. The number of ether oxygens (including phenoxy) is 1. The fourth-order valence-electron chi connectivity index (χ4n) is 6.47. The molecule has 3 heterocycles. The van der Waals surface area contributed by atoms with E-state index in [4.69, 9.17) is 4.74 Å². The minimum Gasteiger partial charge on any atom is -0.492 e. The van der Waals surface area contributed by atoms with Crippen molar-refractivity contribution < 1.29 is 19.1 Å². The van der Waals surface area contributed by atoms with Crippen molar-refractivity contribution in [2.75, 3.05) is 6.61 Å². The number of benzene rings is 2. The SMILES string of the molecule is O=C1CCC(N2Cc3cc(C[C@H]4CCCC[C@@H]4NC4COc5ccccc5C4)ccc3C2=O)C(=O)N1. The maximum atomic E-state index is 13.0. The van der Waals surface area contributed by atoms with Crippen molar-refractivity contribution in [1.82, 2.24) is 15.5 Å². The van der Waals surface area contributed by atoms with Crippen molar-refractivity contribution in [3.05, 3.63) is 64.7 Å². The van der Waals surface area contributed by atoms with Crippen LogP contribution in [-0.2, 0) is 29.0 Å². The molecule has 2 aromatic carbocycles. The van der Waals surface area contributed by atoms with Crippen LogP contribution in [0.2, 0.25) is 0 Å². The fraction of sp³-hybridized carbons (Fsp3) is 0.483. The molecule has 2 fully saturated rings. The van der Waals surface area contributed by atoms with Crippen LogP contribution in [0.4, 0.5) is 0 Å². The number of piperidine rings is 1. The first-order valence-electron chi connectivity index (χ1n) is 13.3. The molecule has 3 amide bonds. The molecule has 2 unspecified atom stereocenters. The first-order chi connectivity index (χ1) is 17.5. The maximum absolute atomic E-state index is 13.0. The number of fused-ring (bicyclic) bond motifs is 2. The molecule has 7 heteroatoms. The number of amides is 3. The summed E-state index contributed by atoms with van der Waals surface area (Å²) in [4.78, 5) is 38.5. The van der Waals surface area contributed by atoms with Crippen molar-refractivity contribution in [3.8, 4) is 5.75 Å². The molecule has 188 valence electrons. The van der Waals surface area contributed by atoms with Gasteiger partial charge >= 0.3 is 0 Å². The van der Waals surface area contributed by atoms with Crippen LogP contribution < -0.4 is 15.4 Å². The lowest BCUT2D eigenvalue weighted by molar-refractivity contribution is -0.136. The minimum atomic E-state index is -0.569. The topological polar surface area (TPSA) is 87.7 Å². The summed E-state index contributed by atoms with van der Waals surface area (Å²) in [6, 6.07) is 14.7. The van der Waals surface area contributed by atoms with E-state index in [0.29, 0.717) is 43.1 Å². The molecule has 4 aliphatic rings. The van der Waals surface area contributed by atoms with E-state index in [0.717, 1.165) is 24.2 Å². The molecule has 1 saturated carbocycles. The molecular weight excluding hydrogens is 454 g/mol. The molecule has 2 N–H and O–H groups in total. The minimum absolute atomic E-state index is 0.110. The van der Waals surface area contributed by atoms with Crippen LogP contribution >= 0.6 is 0 Å². The van der Waals surface area contributed by atoms with E-state index in [1.165, 1.54) is 36.8 Å². The average Bonchev–Trinajstić information content (AvgIpc) is 3.20. The zero-order valence-corrected chi connectivity index (χ0v) is 20.5. The molecule has 4 atom stereocenters. The summed E-state index contributed by atoms with van der Waals surface area (Å²) in [6.07, 6.45) is 7.50. The van der Waals surface area contributed by atoms with Gasteiger partial charge in [0.05, 0.1) is 0 Å². The molecule has 2 aromatic rings. The Morgan fingerprint density at radius 1 is 1.00 bits per heavy atom. The number of hydrogen-bond acceptors (Lipinski definition) is 5. The third-order valence-corrected chi connectivity index (χ3v) is 8.32. The summed E-state index contributed by atoms with van der Waals surface area (Å²) >= 11 is 0. The van der Waals surface area contributed by atoms with Crippen LogP contribution in [0.5, 0.6) is 5.75 Å². The van der Waals surface area contributed by atoms with Crippen molar-refractivity contribution >= 4 is 17.7 Å². The van der Waals surface area contributed by atoms with Crippen LogP contribution in [0.25, 0.3) is 0 Å². The van der Waals surface area contributed by atoms with Crippen LogP contribution in [0.1, 0.15) is 65.6 Å². The first-order valence-corrected chi connectivity index (χ1v) is 13.3. The van der Waals surface area contributed by atoms with Gasteiger partial charge in [0.25, 0.3) is 5.91 Å². The zero-order chi connectivity index (χ0) is 24.6. The lowest BCUT2D eigenvalue weighted by atomic mass is 9.80. The van der Waals surface area contributed by atoms with Crippen molar-refractivity contribution in [3.63, 3.8) is 0 Å². The average molecular weight is 488 g/mol. The zero-order valence-electron chi connectivity index (χ0n) is 20.5. The Morgan fingerprint density at radius 3 is 2.75 bits per heavy atom. The lowest BCUT2D eigenvalue weighted by Gasteiger charge is -2.37. The molecule has 0 spiro atoms. The highest BCUT2D eigenvalue weighted by molar-refractivity contribution is 6.05. The highest BCUT2D eigenvalue weighted by Crippen LogP contribution is 2.33. The Bertz CT molecular complexity index is 1190. The molecule has 0 radical (unpaired) electrons. The third-order valence-electron chi connectivity index (χ3n) is 8.32. The van der Waals surface area contributed by atoms with Gasteiger partial charge in [-0.05, 0) is 66.8 Å². The third kappa shape index (κ3) is 4.52. The van der Waals surface area contributed by atoms with E-state index in [-0.39, 0.29) is 24.1 Å². The molecule has 1 aliphatic carbocycles. The second-order valence-corrected chi connectivity index (χ2v) is 10.7. The molecule has 0 aromatic heterocycles. The van der Waals surface area contributed by atoms with Gasteiger partial charge in [-0.15, -0.1) is 0 Å². The summed E-state index contributed by atoms with van der Waals surface area (Å²) in [5.41, 5.74) is 4.19. The number of carbonyl (C=O) groups is 3. The van der Waals surface area contributed by atoms with Gasteiger partial charge in [0.1, 0.15) is 18.4 Å². The van der Waals surface area contributed by atoms with E-state index < -0.39 is 6.04 Å². The van der Waals surface area contributed by atoms with Crippen LogP contribution in [0, 0.1) is 5.92 Å². The number of rotatable bonds is 5. The monoisotopic (exact) mass is 487 g/mol. The van der Waals surface area contributed by atoms with E-state index >= 15 is 0 Å². The Morgan fingerprint density at radius 2 is 1.86 bits per heavy atom. The second kappa shape index (κ2) is 9.69. The Hall–Kier alpha value is -3.19. The fourth-order valence-corrected chi connectivity index (χ4v) is 6.47. The number of nitrogens with zero attached hydrogens (tertiary/aromatic N) is 1. The highest BCUT2D eigenvalue weighted by atomic mass is 16.5. The number of imide groups is 1. The standard InChI is InChI=1S/C29H33N3O4/c33-27-12-11-25(28(34)31-27)32-16-21-14-18(9-10-23(21)29(32)35)13-19-5-1-3-7-24(19)30-22-15-20-6-2-4-8-26(20)36-17-22/h2,4,6,8-10,14,19,22,24-25,30H,1,3,5,7,11-13,15-17H2,(H,31,33,34)/t19-,22?,24+,25?/m1/s1. The van der Waals surface area contributed by atoms with E-state index in [1.54, 1.807) is 4.90 Å². The number of para-hydroxylation sites is 1. The van der Waals surface area contributed by atoms with E-state index in [9.17, 15) is 14.4 Å². The summed E-state index contributed by atoms with van der Waals surface area (Å²) in [5, 5.41) is 6.30. The molecule has 36 heavy (non-hydrogen) atoms. The van der Waals surface area contributed by atoms with Gasteiger partial charge in [-0.25, -0.2) is 0 Å². The van der Waals surface area contributed by atoms with Gasteiger partial charge in [-0.2, -0.15) is 0 Å². The normalized spacial score (nSPS) is 27.8. The molecule has 6 rings (SSSR count). The number of carbonyl (C=O) groups excluding carboxylic acids is 3. The van der Waals surface area contributed by atoms with E-state index in [1.807, 2.05) is 12.1 Å². The summed E-state index contributed by atoms with van der Waals surface area (Å²) < 4.78 is 6.02. The van der Waals surface area contributed by atoms with Crippen molar-refractivity contribution in [2.45, 2.75) is 76.0 Å². The van der Waals surface area contributed by atoms with Crippen LogP contribution in [-0.4, -0.2) is 47.4 Å². The van der Waals surface area contributed by atoms with Crippen LogP contribution in [0.3, 0.4) is 0 Å². The lowest BCUT2D eigenvalue weighted by Crippen LogP contribution is -2.52. The van der Waals surface area contributed by atoms with Gasteiger partial charge in [-0.1, -0.05) is 43.2 Å². The predicted molar refractivity (Wildman–Crippen MR) is 135 cm³/mol. The first kappa shape index (κ1) is 23.2. The highest BCUT2D eigenvalue weighted by Gasteiger charge is 2.39.